The van der Waals surface area contributed by atoms with Crippen LogP contribution in [0.15, 0.2) is 18.2 Å². The summed E-state index contributed by atoms with van der Waals surface area (Å²) in [6.45, 7) is 4.45. The first-order valence-electron chi connectivity index (χ1n) is 6.41. The maximum absolute atomic E-state index is 12.5. The van der Waals surface area contributed by atoms with Gasteiger partial charge in [-0.1, -0.05) is 0 Å². The van der Waals surface area contributed by atoms with E-state index in [9.17, 15) is 4.79 Å². The van der Waals surface area contributed by atoms with Crippen molar-refractivity contribution in [1.82, 2.24) is 10.2 Å². The fourth-order valence-electron chi connectivity index (χ4n) is 2.28. The van der Waals surface area contributed by atoms with Gasteiger partial charge in [-0.05, 0) is 25.1 Å². The Morgan fingerprint density at radius 3 is 2.60 bits per heavy atom. The summed E-state index contributed by atoms with van der Waals surface area (Å²) >= 11 is 0. The van der Waals surface area contributed by atoms with Crippen molar-refractivity contribution in [1.29, 1.82) is 0 Å². The van der Waals surface area contributed by atoms with E-state index >= 15 is 0 Å². The van der Waals surface area contributed by atoms with Gasteiger partial charge in [0.15, 0.2) is 11.5 Å². The van der Waals surface area contributed by atoms with Crippen molar-refractivity contribution in [2.75, 3.05) is 33.9 Å². The van der Waals surface area contributed by atoms with Crippen LogP contribution >= 0.6 is 12.4 Å². The molecule has 1 atom stereocenters. The van der Waals surface area contributed by atoms with E-state index < -0.39 is 0 Å². The van der Waals surface area contributed by atoms with Gasteiger partial charge in [-0.25, -0.2) is 0 Å². The van der Waals surface area contributed by atoms with Gasteiger partial charge < -0.3 is 19.7 Å². The molecule has 1 amide bonds. The summed E-state index contributed by atoms with van der Waals surface area (Å²) in [5.74, 6) is 1.25. The SMILES string of the molecule is COc1ccc(C(=O)N2CCNC[C@@H]2C)cc1OC.Cl. The number of nitrogens with zero attached hydrogens (tertiary/aromatic N) is 1. The maximum Gasteiger partial charge on any atom is 0.254 e. The van der Waals surface area contributed by atoms with Gasteiger partial charge in [0, 0.05) is 31.2 Å². The molecule has 0 aliphatic carbocycles. The molecule has 0 bridgehead atoms. The smallest absolute Gasteiger partial charge is 0.254 e. The number of hydrogen-bond donors (Lipinski definition) is 1. The molecule has 0 radical (unpaired) electrons. The molecule has 1 saturated heterocycles. The zero-order valence-electron chi connectivity index (χ0n) is 12.0. The monoisotopic (exact) mass is 300 g/mol. The molecule has 0 unspecified atom stereocenters. The number of amides is 1. The number of benzene rings is 1. The molecule has 5 nitrogen and oxygen atoms in total. The highest BCUT2D eigenvalue weighted by molar-refractivity contribution is 5.95. The van der Waals surface area contributed by atoms with Crippen LogP contribution in [0.3, 0.4) is 0 Å². The van der Waals surface area contributed by atoms with Crippen LogP contribution in [0, 0.1) is 0 Å². The van der Waals surface area contributed by atoms with Crippen LogP contribution in [0.1, 0.15) is 17.3 Å². The minimum absolute atomic E-state index is 0. The molecule has 1 aliphatic heterocycles. The minimum atomic E-state index is 0. The molecular weight excluding hydrogens is 280 g/mol. The number of methoxy groups -OCH3 is 2. The summed E-state index contributed by atoms with van der Waals surface area (Å²) in [4.78, 5) is 14.4. The number of rotatable bonds is 3. The molecule has 1 fully saturated rings. The molecule has 1 aromatic carbocycles. The minimum Gasteiger partial charge on any atom is -0.493 e. The van der Waals surface area contributed by atoms with Crippen molar-refractivity contribution < 1.29 is 14.3 Å². The van der Waals surface area contributed by atoms with E-state index in [1.54, 1.807) is 32.4 Å². The largest absolute Gasteiger partial charge is 0.493 e. The van der Waals surface area contributed by atoms with E-state index in [1.807, 2.05) is 11.8 Å². The van der Waals surface area contributed by atoms with Crippen molar-refractivity contribution in [2.45, 2.75) is 13.0 Å². The first-order chi connectivity index (χ1) is 9.17. The Morgan fingerprint density at radius 2 is 2.00 bits per heavy atom. The molecule has 0 saturated carbocycles. The molecular formula is C14H21ClN2O3. The van der Waals surface area contributed by atoms with E-state index in [0.29, 0.717) is 17.1 Å². The lowest BCUT2D eigenvalue weighted by molar-refractivity contribution is 0.0655. The number of hydrogen-bond acceptors (Lipinski definition) is 4. The molecule has 1 aromatic rings. The number of nitrogens with one attached hydrogen (secondary N) is 1. The van der Waals surface area contributed by atoms with Crippen LogP contribution in [-0.4, -0.2) is 50.7 Å². The summed E-state index contributed by atoms with van der Waals surface area (Å²) in [5.41, 5.74) is 0.631. The topological polar surface area (TPSA) is 50.8 Å². The van der Waals surface area contributed by atoms with Crippen LogP contribution in [0.2, 0.25) is 0 Å². The van der Waals surface area contributed by atoms with Crippen molar-refractivity contribution in [3.05, 3.63) is 23.8 Å². The normalized spacial score (nSPS) is 18.1. The summed E-state index contributed by atoms with van der Waals surface area (Å²) < 4.78 is 10.4. The number of carbonyl (C=O) groups is 1. The molecule has 20 heavy (non-hydrogen) atoms. The van der Waals surface area contributed by atoms with Crippen molar-refractivity contribution in [2.24, 2.45) is 0 Å². The zero-order valence-corrected chi connectivity index (χ0v) is 12.8. The lowest BCUT2D eigenvalue weighted by Gasteiger charge is -2.34. The van der Waals surface area contributed by atoms with E-state index in [2.05, 4.69) is 5.32 Å². The zero-order chi connectivity index (χ0) is 13.8. The van der Waals surface area contributed by atoms with Gasteiger partial charge in [0.25, 0.3) is 5.91 Å². The van der Waals surface area contributed by atoms with Gasteiger partial charge in [-0.15, -0.1) is 12.4 Å². The van der Waals surface area contributed by atoms with Crippen LogP contribution < -0.4 is 14.8 Å². The first-order valence-corrected chi connectivity index (χ1v) is 6.41. The molecule has 1 aliphatic rings. The Balaban J connectivity index is 0.00000200. The highest BCUT2D eigenvalue weighted by Crippen LogP contribution is 2.28. The molecule has 1 heterocycles. The van der Waals surface area contributed by atoms with Crippen molar-refractivity contribution in [3.8, 4) is 11.5 Å². The van der Waals surface area contributed by atoms with Crippen LogP contribution in [0.5, 0.6) is 11.5 Å². The van der Waals surface area contributed by atoms with Gasteiger partial charge in [0.05, 0.1) is 14.2 Å². The fourth-order valence-corrected chi connectivity index (χ4v) is 2.28. The predicted molar refractivity (Wildman–Crippen MR) is 80.2 cm³/mol. The van der Waals surface area contributed by atoms with Gasteiger partial charge >= 0.3 is 0 Å². The van der Waals surface area contributed by atoms with Gasteiger partial charge in [-0.3, -0.25) is 4.79 Å². The second-order valence-electron chi connectivity index (χ2n) is 4.62. The standard InChI is InChI=1S/C14H20N2O3.ClH/c1-10-9-15-6-7-16(10)14(17)11-4-5-12(18-2)13(8-11)19-3;/h4-5,8,10,15H,6-7,9H2,1-3H3;1H/t10-;/m0./s1. The Bertz CT molecular complexity index is 468. The molecule has 1 N–H and O–H groups in total. The summed E-state index contributed by atoms with van der Waals surface area (Å²) in [5, 5.41) is 3.27. The number of halogens is 1. The van der Waals surface area contributed by atoms with Crippen molar-refractivity contribution in [3.63, 3.8) is 0 Å². The molecule has 6 heteroatoms. The van der Waals surface area contributed by atoms with Crippen LogP contribution in [0.4, 0.5) is 0 Å². The highest BCUT2D eigenvalue weighted by atomic mass is 35.5. The Kier molecular flexibility index (Phi) is 6.10. The number of carbonyl (C=O) groups excluding carboxylic acids is 1. The van der Waals surface area contributed by atoms with E-state index in [-0.39, 0.29) is 24.4 Å². The average molecular weight is 301 g/mol. The average Bonchev–Trinajstić information content (AvgIpc) is 2.46. The van der Waals surface area contributed by atoms with Crippen molar-refractivity contribution >= 4 is 18.3 Å². The Morgan fingerprint density at radius 1 is 1.30 bits per heavy atom. The van der Waals surface area contributed by atoms with E-state index in [0.717, 1.165) is 19.6 Å². The quantitative estimate of drug-likeness (QED) is 0.920. The molecule has 2 rings (SSSR count). The van der Waals surface area contributed by atoms with E-state index in [1.165, 1.54) is 0 Å². The molecule has 112 valence electrons. The highest BCUT2D eigenvalue weighted by Gasteiger charge is 2.24. The lowest BCUT2D eigenvalue weighted by atomic mass is 10.1. The predicted octanol–water partition coefficient (Wildman–Crippen LogP) is 1.56. The Labute approximate surface area is 125 Å². The number of ether oxygens (including phenoxy) is 2. The second-order valence-corrected chi connectivity index (χ2v) is 4.62. The van der Waals surface area contributed by atoms with Crippen LogP contribution in [0.25, 0.3) is 0 Å². The summed E-state index contributed by atoms with van der Waals surface area (Å²) in [6.07, 6.45) is 0. The van der Waals surface area contributed by atoms with Crippen LogP contribution in [-0.2, 0) is 0 Å². The summed E-state index contributed by atoms with van der Waals surface area (Å²) in [6, 6.07) is 5.47. The maximum atomic E-state index is 12.5. The second kappa shape index (κ2) is 7.36. The first kappa shape index (κ1) is 16.6. The molecule has 0 aromatic heterocycles. The third-order valence-corrected chi connectivity index (χ3v) is 3.39. The third kappa shape index (κ3) is 3.35. The Hall–Kier alpha value is -1.46. The third-order valence-electron chi connectivity index (χ3n) is 3.39. The van der Waals surface area contributed by atoms with Gasteiger partial charge in [0.2, 0.25) is 0 Å². The molecule has 0 spiro atoms. The van der Waals surface area contributed by atoms with Gasteiger partial charge in [0.1, 0.15) is 0 Å². The lowest BCUT2D eigenvalue weighted by Crippen LogP contribution is -2.52. The fraction of sp³-hybridized carbons (Fsp3) is 0.500. The summed E-state index contributed by atoms with van der Waals surface area (Å²) in [7, 11) is 3.15. The van der Waals surface area contributed by atoms with E-state index in [4.69, 9.17) is 9.47 Å². The van der Waals surface area contributed by atoms with Gasteiger partial charge in [-0.2, -0.15) is 0 Å². The number of piperazine rings is 1.